The Morgan fingerprint density at radius 1 is 1.35 bits per heavy atom. The third-order valence-electron chi connectivity index (χ3n) is 2.74. The molecule has 0 aliphatic heterocycles. The van der Waals surface area contributed by atoms with E-state index in [2.05, 4.69) is 4.72 Å². The first-order valence-electron chi connectivity index (χ1n) is 5.95. The lowest BCUT2D eigenvalue weighted by Crippen LogP contribution is -2.22. The molecule has 0 saturated carbocycles. The highest BCUT2D eigenvalue weighted by atomic mass is 32.2. The van der Waals surface area contributed by atoms with Crippen LogP contribution in [0.4, 0.5) is 0 Å². The zero-order valence-electron chi connectivity index (χ0n) is 11.0. The molecule has 0 fully saturated rings. The molecule has 5 nitrogen and oxygen atoms in total. The van der Waals surface area contributed by atoms with Crippen LogP contribution in [0.3, 0.4) is 0 Å². The smallest absolute Gasteiger partial charge is 0.241 e. The molecule has 0 spiro atoms. The summed E-state index contributed by atoms with van der Waals surface area (Å²) >= 11 is 1.34. The van der Waals surface area contributed by atoms with Crippen molar-refractivity contribution in [2.24, 2.45) is 5.73 Å². The molecule has 0 saturated heterocycles. The first-order valence-corrected chi connectivity index (χ1v) is 8.31. The Balaban J connectivity index is 2.08. The van der Waals surface area contributed by atoms with E-state index in [1.807, 2.05) is 18.2 Å². The van der Waals surface area contributed by atoms with Crippen LogP contribution in [0.15, 0.2) is 40.6 Å². The van der Waals surface area contributed by atoms with Gasteiger partial charge in [-0.3, -0.25) is 0 Å². The molecular weight excluding hydrogens is 296 g/mol. The quantitative estimate of drug-likeness (QED) is 0.850. The number of thiophene rings is 1. The Labute approximate surface area is 122 Å². The molecule has 20 heavy (non-hydrogen) atoms. The van der Waals surface area contributed by atoms with Gasteiger partial charge in [0.25, 0.3) is 0 Å². The van der Waals surface area contributed by atoms with E-state index in [1.54, 1.807) is 24.6 Å². The summed E-state index contributed by atoms with van der Waals surface area (Å²) in [5.41, 5.74) is 6.32. The molecule has 0 unspecified atom stereocenters. The molecule has 0 aliphatic carbocycles. The highest BCUT2D eigenvalue weighted by Crippen LogP contribution is 2.19. The molecule has 7 heteroatoms. The highest BCUT2D eigenvalue weighted by Gasteiger charge is 2.15. The van der Waals surface area contributed by atoms with Crippen molar-refractivity contribution in [3.8, 4) is 5.75 Å². The largest absolute Gasteiger partial charge is 0.497 e. The minimum absolute atomic E-state index is 0.216. The number of benzene rings is 1. The van der Waals surface area contributed by atoms with Crippen LogP contribution in [0, 0.1) is 0 Å². The van der Waals surface area contributed by atoms with Crippen molar-refractivity contribution in [1.29, 1.82) is 0 Å². The standard InChI is InChI=1S/C13H16N2O3S2/c1-18-11-4-2-3-10(5-11)8-15-20(16,17)13-6-12(7-14)19-9-13/h2-6,9,15H,7-8,14H2,1H3. The first kappa shape index (κ1) is 15.0. The normalized spacial score (nSPS) is 11.5. The number of methoxy groups -OCH3 is 1. The maximum Gasteiger partial charge on any atom is 0.241 e. The Hall–Kier alpha value is -1.41. The van der Waals surface area contributed by atoms with Crippen molar-refractivity contribution in [3.63, 3.8) is 0 Å². The lowest BCUT2D eigenvalue weighted by atomic mass is 10.2. The van der Waals surface area contributed by atoms with Gasteiger partial charge >= 0.3 is 0 Å². The monoisotopic (exact) mass is 312 g/mol. The molecule has 1 aromatic heterocycles. The van der Waals surface area contributed by atoms with E-state index in [0.29, 0.717) is 12.3 Å². The second kappa shape index (κ2) is 6.36. The molecular formula is C13H16N2O3S2. The summed E-state index contributed by atoms with van der Waals surface area (Å²) in [5.74, 6) is 0.697. The van der Waals surface area contributed by atoms with Gasteiger partial charge in [-0.05, 0) is 23.8 Å². The zero-order chi connectivity index (χ0) is 14.6. The number of nitrogens with two attached hydrogens (primary N) is 1. The Kier molecular flexibility index (Phi) is 4.77. The zero-order valence-corrected chi connectivity index (χ0v) is 12.6. The lowest BCUT2D eigenvalue weighted by Gasteiger charge is -2.06. The van der Waals surface area contributed by atoms with E-state index in [9.17, 15) is 8.42 Å². The number of hydrogen-bond acceptors (Lipinski definition) is 5. The van der Waals surface area contributed by atoms with Crippen LogP contribution in [-0.4, -0.2) is 15.5 Å². The van der Waals surface area contributed by atoms with E-state index in [4.69, 9.17) is 10.5 Å². The molecule has 0 atom stereocenters. The van der Waals surface area contributed by atoms with Gasteiger partial charge in [-0.2, -0.15) is 0 Å². The minimum atomic E-state index is -3.50. The summed E-state index contributed by atoms with van der Waals surface area (Å²) in [6, 6.07) is 8.86. The van der Waals surface area contributed by atoms with Gasteiger partial charge in [0.05, 0.1) is 12.0 Å². The fourth-order valence-electron chi connectivity index (χ4n) is 1.65. The second-order valence-corrected chi connectivity index (χ2v) is 6.89. The molecule has 0 aliphatic rings. The van der Waals surface area contributed by atoms with Gasteiger partial charge in [0.2, 0.25) is 10.0 Å². The van der Waals surface area contributed by atoms with Crippen LogP contribution in [0.1, 0.15) is 10.4 Å². The average Bonchev–Trinajstić information content (AvgIpc) is 2.95. The Morgan fingerprint density at radius 3 is 2.80 bits per heavy atom. The van der Waals surface area contributed by atoms with E-state index in [0.717, 1.165) is 10.4 Å². The van der Waals surface area contributed by atoms with Crippen molar-refractivity contribution in [1.82, 2.24) is 4.72 Å². The summed E-state index contributed by atoms with van der Waals surface area (Å²) in [6.07, 6.45) is 0. The highest BCUT2D eigenvalue weighted by molar-refractivity contribution is 7.89. The van der Waals surface area contributed by atoms with E-state index in [-0.39, 0.29) is 11.4 Å². The molecule has 0 bridgehead atoms. The van der Waals surface area contributed by atoms with Crippen LogP contribution >= 0.6 is 11.3 Å². The van der Waals surface area contributed by atoms with Crippen LogP contribution < -0.4 is 15.2 Å². The molecule has 1 aromatic carbocycles. The molecule has 0 amide bonds. The van der Waals surface area contributed by atoms with Gasteiger partial charge in [0.1, 0.15) is 5.75 Å². The van der Waals surface area contributed by atoms with Crippen molar-refractivity contribution < 1.29 is 13.2 Å². The van der Waals surface area contributed by atoms with Crippen LogP contribution in [-0.2, 0) is 23.1 Å². The second-order valence-electron chi connectivity index (χ2n) is 4.13. The van der Waals surface area contributed by atoms with Gasteiger partial charge in [-0.1, -0.05) is 12.1 Å². The molecule has 1 heterocycles. The minimum Gasteiger partial charge on any atom is -0.497 e. The average molecular weight is 312 g/mol. The van der Waals surface area contributed by atoms with Crippen molar-refractivity contribution >= 4 is 21.4 Å². The maximum atomic E-state index is 12.1. The fraction of sp³-hybridized carbons (Fsp3) is 0.231. The third-order valence-corrected chi connectivity index (χ3v) is 5.23. The van der Waals surface area contributed by atoms with Gasteiger partial charge in [0, 0.05) is 23.3 Å². The van der Waals surface area contributed by atoms with Crippen molar-refractivity contribution in [2.75, 3.05) is 7.11 Å². The number of nitrogens with one attached hydrogen (secondary N) is 1. The predicted molar refractivity (Wildman–Crippen MR) is 79.2 cm³/mol. The summed E-state index contributed by atoms with van der Waals surface area (Å²) in [7, 11) is -1.93. The van der Waals surface area contributed by atoms with Gasteiger partial charge < -0.3 is 10.5 Å². The number of sulfonamides is 1. The summed E-state index contributed by atoms with van der Waals surface area (Å²) in [6.45, 7) is 0.559. The SMILES string of the molecule is COc1cccc(CNS(=O)(=O)c2csc(CN)c2)c1. The van der Waals surface area contributed by atoms with Crippen molar-refractivity contribution in [3.05, 3.63) is 46.2 Å². The molecule has 3 N–H and O–H groups in total. The van der Waals surface area contributed by atoms with Crippen LogP contribution in [0.5, 0.6) is 5.75 Å². The predicted octanol–water partition coefficient (Wildman–Crippen LogP) is 1.69. The molecule has 2 aromatic rings. The third kappa shape index (κ3) is 3.57. The lowest BCUT2D eigenvalue weighted by molar-refractivity contribution is 0.414. The Morgan fingerprint density at radius 2 is 2.15 bits per heavy atom. The number of ether oxygens (including phenoxy) is 1. The van der Waals surface area contributed by atoms with Gasteiger partial charge in [-0.25, -0.2) is 13.1 Å². The molecule has 2 rings (SSSR count). The summed E-state index contributed by atoms with van der Waals surface area (Å²) < 4.78 is 31.9. The van der Waals surface area contributed by atoms with E-state index >= 15 is 0 Å². The van der Waals surface area contributed by atoms with Gasteiger partial charge in [0.15, 0.2) is 0 Å². The number of hydrogen-bond donors (Lipinski definition) is 2. The molecule has 0 radical (unpaired) electrons. The van der Waals surface area contributed by atoms with Crippen molar-refractivity contribution in [2.45, 2.75) is 18.0 Å². The fourth-order valence-corrected chi connectivity index (χ4v) is 3.83. The summed E-state index contributed by atoms with van der Waals surface area (Å²) in [5, 5.41) is 1.59. The van der Waals surface area contributed by atoms with E-state index in [1.165, 1.54) is 11.3 Å². The number of rotatable bonds is 6. The first-order chi connectivity index (χ1) is 9.55. The maximum absolute atomic E-state index is 12.1. The van der Waals surface area contributed by atoms with Crippen LogP contribution in [0.2, 0.25) is 0 Å². The topological polar surface area (TPSA) is 81.4 Å². The Bertz CT molecular complexity index is 680. The van der Waals surface area contributed by atoms with Crippen LogP contribution in [0.25, 0.3) is 0 Å². The summed E-state index contributed by atoms with van der Waals surface area (Å²) in [4.78, 5) is 1.10. The molecule has 108 valence electrons. The van der Waals surface area contributed by atoms with Gasteiger partial charge in [-0.15, -0.1) is 11.3 Å². The van der Waals surface area contributed by atoms with E-state index < -0.39 is 10.0 Å².